The SMILES string of the molecule is CCOC(=O)c1c(NC(=O)C(Sc2cccc(NC(=O)/C(=C\c3ccc(OCC)cc3)NC(=O)c3ccccc3)c2)c2ccccc2)sc2c1CCCC2. The molecule has 9 nitrogen and oxygen atoms in total. The van der Waals surface area contributed by atoms with Crippen LogP contribution < -0.4 is 20.7 Å². The maximum Gasteiger partial charge on any atom is 0.341 e. The first-order valence-electron chi connectivity index (χ1n) is 17.9. The minimum Gasteiger partial charge on any atom is -0.494 e. The quantitative estimate of drug-likeness (QED) is 0.0587. The van der Waals surface area contributed by atoms with E-state index in [1.54, 1.807) is 79.7 Å². The van der Waals surface area contributed by atoms with Crippen LogP contribution in [0.15, 0.2) is 120 Å². The van der Waals surface area contributed by atoms with Gasteiger partial charge >= 0.3 is 5.97 Å². The second-order valence-corrected chi connectivity index (χ2v) is 14.7. The zero-order valence-electron chi connectivity index (χ0n) is 30.1. The lowest BCUT2D eigenvalue weighted by Crippen LogP contribution is -2.30. The van der Waals surface area contributed by atoms with Gasteiger partial charge in [-0.05, 0) is 105 Å². The summed E-state index contributed by atoms with van der Waals surface area (Å²) >= 11 is 2.77. The van der Waals surface area contributed by atoms with Crippen molar-refractivity contribution in [1.29, 1.82) is 0 Å². The predicted molar refractivity (Wildman–Crippen MR) is 215 cm³/mol. The number of carbonyl (C=O) groups excluding carboxylic acids is 4. The van der Waals surface area contributed by atoms with E-state index in [-0.39, 0.29) is 18.2 Å². The average molecular weight is 760 g/mol. The Morgan fingerprint density at radius 1 is 0.815 bits per heavy atom. The number of hydrogen-bond acceptors (Lipinski definition) is 8. The number of esters is 1. The first kappa shape index (κ1) is 38.1. The minimum absolute atomic E-state index is 0.0451. The Labute approximate surface area is 323 Å². The summed E-state index contributed by atoms with van der Waals surface area (Å²) in [4.78, 5) is 56.1. The zero-order chi connectivity index (χ0) is 37.9. The van der Waals surface area contributed by atoms with Gasteiger partial charge in [-0.3, -0.25) is 14.4 Å². The molecule has 0 saturated heterocycles. The van der Waals surface area contributed by atoms with Crippen molar-refractivity contribution in [3.05, 3.63) is 148 Å². The number of nitrogens with one attached hydrogen (secondary N) is 3. The van der Waals surface area contributed by atoms with E-state index in [0.29, 0.717) is 39.7 Å². The molecule has 3 N–H and O–H groups in total. The molecule has 276 valence electrons. The van der Waals surface area contributed by atoms with Gasteiger partial charge in [-0.25, -0.2) is 4.79 Å². The molecule has 11 heteroatoms. The van der Waals surface area contributed by atoms with Crippen molar-refractivity contribution in [3.8, 4) is 5.75 Å². The molecule has 6 rings (SSSR count). The fraction of sp³-hybridized carbons (Fsp3) is 0.209. The molecule has 0 saturated carbocycles. The minimum atomic E-state index is -0.688. The van der Waals surface area contributed by atoms with Crippen LogP contribution in [0.4, 0.5) is 10.7 Å². The van der Waals surface area contributed by atoms with Crippen LogP contribution in [0.3, 0.4) is 0 Å². The Bertz CT molecular complexity index is 2130. The molecule has 1 aliphatic carbocycles. The maximum absolute atomic E-state index is 14.2. The van der Waals surface area contributed by atoms with Crippen molar-refractivity contribution in [2.75, 3.05) is 23.8 Å². The summed E-state index contributed by atoms with van der Waals surface area (Å²) in [5.41, 5.74) is 3.82. The normalized spacial score (nSPS) is 12.9. The Balaban J connectivity index is 1.24. The summed E-state index contributed by atoms with van der Waals surface area (Å²) in [6.07, 6.45) is 5.27. The number of anilines is 2. The van der Waals surface area contributed by atoms with E-state index in [4.69, 9.17) is 9.47 Å². The highest BCUT2D eigenvalue weighted by atomic mass is 32.2. The van der Waals surface area contributed by atoms with Gasteiger partial charge in [0.15, 0.2) is 0 Å². The third kappa shape index (κ3) is 9.66. The molecule has 54 heavy (non-hydrogen) atoms. The van der Waals surface area contributed by atoms with Gasteiger partial charge in [0.05, 0.1) is 18.8 Å². The lowest BCUT2D eigenvalue weighted by atomic mass is 9.95. The van der Waals surface area contributed by atoms with E-state index in [1.807, 2.05) is 49.4 Å². The first-order valence-corrected chi connectivity index (χ1v) is 19.6. The number of ether oxygens (including phenoxy) is 2. The van der Waals surface area contributed by atoms with Gasteiger partial charge in [-0.1, -0.05) is 66.7 Å². The van der Waals surface area contributed by atoms with Gasteiger partial charge in [-0.2, -0.15) is 0 Å². The number of benzene rings is 4. The predicted octanol–water partition coefficient (Wildman–Crippen LogP) is 9.08. The summed E-state index contributed by atoms with van der Waals surface area (Å²) < 4.78 is 11.0. The molecule has 0 bridgehead atoms. The van der Waals surface area contributed by atoms with Crippen molar-refractivity contribution in [2.24, 2.45) is 0 Å². The van der Waals surface area contributed by atoms with Crippen LogP contribution in [0.25, 0.3) is 6.08 Å². The Morgan fingerprint density at radius 3 is 2.26 bits per heavy atom. The van der Waals surface area contributed by atoms with Crippen molar-refractivity contribution in [3.63, 3.8) is 0 Å². The van der Waals surface area contributed by atoms with E-state index in [9.17, 15) is 19.2 Å². The first-order chi connectivity index (χ1) is 26.3. The molecule has 1 heterocycles. The van der Waals surface area contributed by atoms with Crippen molar-refractivity contribution in [2.45, 2.75) is 49.7 Å². The number of amides is 3. The number of aryl methyl sites for hydroxylation is 1. The van der Waals surface area contributed by atoms with Crippen LogP contribution in [-0.4, -0.2) is 36.9 Å². The van der Waals surface area contributed by atoms with Crippen LogP contribution in [0.2, 0.25) is 0 Å². The molecular weight excluding hydrogens is 719 g/mol. The topological polar surface area (TPSA) is 123 Å². The lowest BCUT2D eigenvalue weighted by molar-refractivity contribution is -0.116. The fourth-order valence-corrected chi connectivity index (χ4v) is 8.43. The number of hydrogen-bond donors (Lipinski definition) is 3. The number of fused-ring (bicyclic) bond motifs is 1. The molecule has 0 fully saturated rings. The Hall–Kier alpha value is -5.65. The summed E-state index contributed by atoms with van der Waals surface area (Å²) in [6, 6.07) is 32.5. The van der Waals surface area contributed by atoms with Crippen LogP contribution in [-0.2, 0) is 27.2 Å². The van der Waals surface area contributed by atoms with Crippen LogP contribution in [0.1, 0.15) is 74.2 Å². The lowest BCUT2D eigenvalue weighted by Gasteiger charge is -2.18. The van der Waals surface area contributed by atoms with E-state index in [0.717, 1.165) is 46.6 Å². The van der Waals surface area contributed by atoms with E-state index in [2.05, 4.69) is 16.0 Å². The van der Waals surface area contributed by atoms with Crippen LogP contribution in [0.5, 0.6) is 5.75 Å². The molecule has 4 aromatic carbocycles. The van der Waals surface area contributed by atoms with Gasteiger partial charge in [0.25, 0.3) is 11.8 Å². The molecule has 1 unspecified atom stereocenters. The van der Waals surface area contributed by atoms with Gasteiger partial charge in [-0.15, -0.1) is 23.1 Å². The van der Waals surface area contributed by atoms with Gasteiger partial charge in [0.1, 0.15) is 21.7 Å². The maximum atomic E-state index is 14.2. The number of thiophene rings is 1. The summed E-state index contributed by atoms with van der Waals surface area (Å²) in [5, 5.41) is 8.61. The van der Waals surface area contributed by atoms with Crippen LogP contribution in [0, 0.1) is 0 Å². The van der Waals surface area contributed by atoms with E-state index >= 15 is 0 Å². The molecule has 1 aliphatic rings. The molecule has 0 aliphatic heterocycles. The number of thioether (sulfide) groups is 1. The van der Waals surface area contributed by atoms with Crippen molar-refractivity contribution >= 4 is 63.6 Å². The fourth-order valence-electron chi connectivity index (χ4n) is 6.07. The molecule has 0 spiro atoms. The third-order valence-corrected chi connectivity index (χ3v) is 11.1. The van der Waals surface area contributed by atoms with E-state index in [1.165, 1.54) is 23.1 Å². The highest BCUT2D eigenvalue weighted by molar-refractivity contribution is 8.00. The Kier molecular flexibility index (Phi) is 13.0. The van der Waals surface area contributed by atoms with Crippen molar-refractivity contribution < 1.29 is 28.7 Å². The number of rotatable bonds is 14. The molecule has 0 radical (unpaired) electrons. The highest BCUT2D eigenvalue weighted by Gasteiger charge is 2.30. The largest absolute Gasteiger partial charge is 0.494 e. The van der Waals surface area contributed by atoms with E-state index < -0.39 is 23.0 Å². The summed E-state index contributed by atoms with van der Waals surface area (Å²) in [6.45, 7) is 4.44. The number of carbonyl (C=O) groups is 4. The molecule has 1 atom stereocenters. The smallest absolute Gasteiger partial charge is 0.341 e. The molecule has 5 aromatic rings. The molecular formula is C43H41N3O6S2. The van der Waals surface area contributed by atoms with Gasteiger partial charge < -0.3 is 25.4 Å². The second kappa shape index (κ2) is 18.4. The van der Waals surface area contributed by atoms with Gasteiger partial charge in [0.2, 0.25) is 5.91 Å². The molecule has 1 aromatic heterocycles. The standard InChI is InChI=1S/C43H41N3O6S2/c1-3-51-32-24-22-28(23-25-32)26-35(45-39(47)30-16-9-6-10-17-30)40(48)44-31-18-13-19-33(27-31)53-38(29-14-7-5-8-15-29)41(49)46-42-37(43(50)52-4-2)34-20-11-12-21-36(34)54-42/h5-10,13-19,22-27,38H,3-4,11-12,20-21H2,1-2H3,(H,44,48)(H,45,47)(H,46,49)/b35-26+. The summed E-state index contributed by atoms with van der Waals surface area (Å²) in [7, 11) is 0. The average Bonchev–Trinajstić information content (AvgIpc) is 3.56. The monoisotopic (exact) mass is 759 g/mol. The third-order valence-electron chi connectivity index (χ3n) is 8.60. The highest BCUT2D eigenvalue weighted by Crippen LogP contribution is 2.41. The zero-order valence-corrected chi connectivity index (χ0v) is 31.7. The summed E-state index contributed by atoms with van der Waals surface area (Å²) in [5.74, 6) is -0.966. The van der Waals surface area contributed by atoms with Crippen molar-refractivity contribution in [1.82, 2.24) is 5.32 Å². The Morgan fingerprint density at radius 2 is 1.54 bits per heavy atom. The second-order valence-electron chi connectivity index (χ2n) is 12.4. The van der Waals surface area contributed by atoms with Gasteiger partial charge in [0, 0.05) is 21.0 Å². The van der Waals surface area contributed by atoms with Crippen LogP contribution >= 0.6 is 23.1 Å². The molecule has 3 amide bonds.